The van der Waals surface area contributed by atoms with Gasteiger partial charge >= 0.3 is 0 Å². The fourth-order valence-electron chi connectivity index (χ4n) is 1.58. The molecule has 0 bridgehead atoms. The van der Waals surface area contributed by atoms with Crippen LogP contribution < -0.4 is 10.0 Å². The lowest BCUT2D eigenvalue weighted by molar-refractivity contribution is -0.119. The van der Waals surface area contributed by atoms with Crippen molar-refractivity contribution in [3.05, 3.63) is 15.9 Å². The normalized spacial score (nSPS) is 20.5. The summed E-state index contributed by atoms with van der Waals surface area (Å²) in [5.74, 6) is -0.0218. The number of amides is 1. The van der Waals surface area contributed by atoms with Gasteiger partial charge in [0.25, 0.3) is 10.0 Å². The van der Waals surface area contributed by atoms with Crippen molar-refractivity contribution in [3.8, 4) is 0 Å². The van der Waals surface area contributed by atoms with E-state index < -0.39 is 10.0 Å². The van der Waals surface area contributed by atoms with Crippen LogP contribution in [0.5, 0.6) is 0 Å². The molecule has 1 aromatic rings. The lowest BCUT2D eigenvalue weighted by Gasteiger charge is -2.11. The first kappa shape index (κ1) is 13.0. The highest BCUT2D eigenvalue weighted by atomic mass is 79.9. The molecule has 94 valence electrons. The highest BCUT2D eigenvalue weighted by Gasteiger charge is 2.24. The molecule has 0 radical (unpaired) electrons. The fraction of sp³-hybridized carbons (Fsp3) is 0.444. The zero-order valence-corrected chi connectivity index (χ0v) is 12.0. The van der Waals surface area contributed by atoms with Gasteiger partial charge in [0.2, 0.25) is 5.91 Å². The van der Waals surface area contributed by atoms with Crippen LogP contribution in [0.25, 0.3) is 0 Å². The summed E-state index contributed by atoms with van der Waals surface area (Å²) >= 11 is 4.34. The maximum Gasteiger partial charge on any atom is 0.251 e. The fourth-order valence-corrected chi connectivity index (χ4v) is 5.04. The van der Waals surface area contributed by atoms with E-state index in [4.69, 9.17) is 0 Å². The molecule has 0 spiro atoms. The minimum Gasteiger partial charge on any atom is -0.352 e. The average molecular weight is 339 g/mol. The number of hydrogen-bond donors (Lipinski definition) is 2. The van der Waals surface area contributed by atoms with Crippen molar-refractivity contribution >= 4 is 43.2 Å². The van der Waals surface area contributed by atoms with Crippen molar-refractivity contribution in [1.82, 2.24) is 10.0 Å². The Morgan fingerprint density at radius 2 is 2.35 bits per heavy atom. The monoisotopic (exact) mass is 338 g/mol. The van der Waals surface area contributed by atoms with Gasteiger partial charge in [0, 0.05) is 23.5 Å². The Balaban J connectivity index is 1.99. The Morgan fingerprint density at radius 3 is 2.88 bits per heavy atom. The van der Waals surface area contributed by atoms with Crippen LogP contribution in [0.2, 0.25) is 0 Å². The molecule has 5 nitrogen and oxygen atoms in total. The van der Waals surface area contributed by atoms with Crippen molar-refractivity contribution in [2.24, 2.45) is 0 Å². The minimum atomic E-state index is -3.48. The molecule has 0 saturated carbocycles. The van der Waals surface area contributed by atoms with E-state index in [9.17, 15) is 13.2 Å². The van der Waals surface area contributed by atoms with Gasteiger partial charge in [-0.05, 0) is 33.8 Å². The summed E-state index contributed by atoms with van der Waals surface area (Å²) in [5.41, 5.74) is 0. The quantitative estimate of drug-likeness (QED) is 0.862. The van der Waals surface area contributed by atoms with Gasteiger partial charge in [-0.25, -0.2) is 13.1 Å². The highest BCUT2D eigenvalue weighted by Crippen LogP contribution is 2.27. The number of halogens is 1. The summed E-state index contributed by atoms with van der Waals surface area (Å²) in [6.07, 6.45) is 1.14. The van der Waals surface area contributed by atoms with Crippen LogP contribution in [0, 0.1) is 0 Å². The van der Waals surface area contributed by atoms with Crippen LogP contribution in [-0.4, -0.2) is 26.9 Å². The third-order valence-electron chi connectivity index (χ3n) is 2.43. The van der Waals surface area contributed by atoms with Gasteiger partial charge in [0.05, 0.1) is 0 Å². The number of nitrogens with one attached hydrogen (secondary N) is 2. The van der Waals surface area contributed by atoms with E-state index in [0.717, 1.165) is 11.3 Å². The topological polar surface area (TPSA) is 75.3 Å². The molecule has 2 N–H and O–H groups in total. The van der Waals surface area contributed by atoms with E-state index in [1.165, 1.54) is 0 Å². The lowest BCUT2D eigenvalue weighted by atomic mass is 10.2. The smallest absolute Gasteiger partial charge is 0.251 e. The number of thiophene rings is 1. The van der Waals surface area contributed by atoms with Gasteiger partial charge in [0.15, 0.2) is 0 Å². The second-order valence-electron chi connectivity index (χ2n) is 3.71. The number of carbonyl (C=O) groups is 1. The number of hydrogen-bond acceptors (Lipinski definition) is 4. The van der Waals surface area contributed by atoms with Crippen LogP contribution in [0.3, 0.4) is 0 Å². The summed E-state index contributed by atoms with van der Waals surface area (Å²) in [5, 5.41) is 4.42. The molecule has 0 aromatic carbocycles. The molecule has 1 fully saturated rings. The van der Waals surface area contributed by atoms with Crippen LogP contribution >= 0.6 is 27.3 Å². The van der Waals surface area contributed by atoms with Gasteiger partial charge in [-0.1, -0.05) is 0 Å². The molecule has 1 unspecified atom stereocenters. The van der Waals surface area contributed by atoms with Crippen LogP contribution in [0.4, 0.5) is 0 Å². The van der Waals surface area contributed by atoms with Crippen LogP contribution in [-0.2, 0) is 14.8 Å². The Morgan fingerprint density at radius 1 is 1.59 bits per heavy atom. The highest BCUT2D eigenvalue weighted by molar-refractivity contribution is 9.10. The van der Waals surface area contributed by atoms with Gasteiger partial charge in [-0.2, -0.15) is 0 Å². The van der Waals surface area contributed by atoms with E-state index in [1.54, 1.807) is 11.4 Å². The second-order valence-corrected chi connectivity index (χ2v) is 7.44. The van der Waals surface area contributed by atoms with Crippen LogP contribution in [0.15, 0.2) is 20.1 Å². The van der Waals surface area contributed by atoms with Gasteiger partial charge in [-0.15, -0.1) is 11.3 Å². The summed E-state index contributed by atoms with van der Waals surface area (Å²) in [4.78, 5) is 11.0. The first-order valence-electron chi connectivity index (χ1n) is 5.01. The molecule has 8 heteroatoms. The SMILES string of the molecule is O=C1CCC(CNS(=O)(=O)c2sccc2Br)N1. The van der Waals surface area contributed by atoms with E-state index in [2.05, 4.69) is 26.0 Å². The van der Waals surface area contributed by atoms with E-state index >= 15 is 0 Å². The third kappa shape index (κ3) is 3.06. The zero-order valence-electron chi connectivity index (χ0n) is 8.77. The molecule has 17 heavy (non-hydrogen) atoms. The standard InChI is InChI=1S/C9H11BrN2O3S2/c10-7-3-4-16-9(7)17(14,15)11-5-6-1-2-8(13)12-6/h3-4,6,11H,1-2,5H2,(H,12,13). The van der Waals surface area contributed by atoms with Crippen molar-refractivity contribution in [1.29, 1.82) is 0 Å². The molecular weight excluding hydrogens is 328 g/mol. The predicted octanol–water partition coefficient (Wildman–Crippen LogP) is 1.07. The molecule has 1 atom stereocenters. The molecule has 2 heterocycles. The van der Waals surface area contributed by atoms with Crippen molar-refractivity contribution in [3.63, 3.8) is 0 Å². The number of carbonyl (C=O) groups excluding carboxylic acids is 1. The summed E-state index contributed by atoms with van der Waals surface area (Å²) in [6.45, 7) is 0.235. The first-order chi connectivity index (χ1) is 7.99. The molecule has 1 amide bonds. The van der Waals surface area contributed by atoms with Gasteiger partial charge in [-0.3, -0.25) is 4.79 Å². The number of sulfonamides is 1. The summed E-state index contributed by atoms with van der Waals surface area (Å²) < 4.78 is 27.1. The zero-order chi connectivity index (χ0) is 12.5. The van der Waals surface area contributed by atoms with Crippen molar-refractivity contribution < 1.29 is 13.2 Å². The molecule has 1 aliphatic heterocycles. The average Bonchev–Trinajstić information content (AvgIpc) is 2.85. The minimum absolute atomic E-state index is 0.0218. The number of rotatable bonds is 4. The maximum atomic E-state index is 11.9. The van der Waals surface area contributed by atoms with Crippen molar-refractivity contribution in [2.75, 3.05) is 6.54 Å². The Hall–Kier alpha value is -0.440. The summed E-state index contributed by atoms with van der Waals surface area (Å²) in [6, 6.07) is 1.59. The maximum absolute atomic E-state index is 11.9. The molecule has 0 aliphatic carbocycles. The Bertz CT molecular complexity index is 526. The molecule has 1 aliphatic rings. The molecule has 1 saturated heterocycles. The van der Waals surface area contributed by atoms with E-state index in [0.29, 0.717) is 17.3 Å². The van der Waals surface area contributed by atoms with Gasteiger partial charge in [0.1, 0.15) is 4.21 Å². The van der Waals surface area contributed by atoms with Crippen molar-refractivity contribution in [2.45, 2.75) is 23.1 Å². The summed E-state index contributed by atoms with van der Waals surface area (Å²) in [7, 11) is -3.48. The molecule has 1 aromatic heterocycles. The lowest BCUT2D eigenvalue weighted by Crippen LogP contribution is -2.38. The third-order valence-corrected chi connectivity index (χ3v) is 6.53. The predicted molar refractivity (Wildman–Crippen MR) is 68.4 cm³/mol. The largest absolute Gasteiger partial charge is 0.352 e. The molecule has 2 rings (SSSR count). The van der Waals surface area contributed by atoms with Crippen LogP contribution in [0.1, 0.15) is 12.8 Å². The second kappa shape index (κ2) is 5.05. The van der Waals surface area contributed by atoms with E-state index in [1.807, 2.05) is 0 Å². The Labute approximate surface area is 112 Å². The van der Waals surface area contributed by atoms with Gasteiger partial charge < -0.3 is 5.32 Å². The van der Waals surface area contributed by atoms with E-state index in [-0.39, 0.29) is 22.7 Å². The Kier molecular flexibility index (Phi) is 3.86. The first-order valence-corrected chi connectivity index (χ1v) is 8.16. The molecular formula is C9H11BrN2O3S2.